The van der Waals surface area contributed by atoms with Crippen LogP contribution in [0.4, 0.5) is 10.6 Å². The van der Waals surface area contributed by atoms with Gasteiger partial charge in [0.2, 0.25) is 0 Å². The molecule has 1 aliphatic rings. The fourth-order valence-electron chi connectivity index (χ4n) is 2.66. The molecule has 24 heavy (non-hydrogen) atoms. The molecule has 1 saturated heterocycles. The normalized spacial score (nSPS) is 17.8. The van der Waals surface area contributed by atoms with Crippen LogP contribution in [0.3, 0.4) is 0 Å². The maximum Gasteiger partial charge on any atom is 0.323 e. The average molecular weight is 369 g/mol. The maximum absolute atomic E-state index is 12.5. The summed E-state index contributed by atoms with van der Waals surface area (Å²) in [6, 6.07) is 7.03. The van der Waals surface area contributed by atoms with Crippen molar-refractivity contribution in [3.8, 4) is 0 Å². The number of nitrogens with one attached hydrogen (secondary N) is 1. The molecule has 1 aliphatic heterocycles. The number of nitrogens with zero attached hydrogens (tertiary/aromatic N) is 3. The highest BCUT2D eigenvalue weighted by molar-refractivity contribution is 6.42. The van der Waals surface area contributed by atoms with E-state index in [1.54, 1.807) is 28.8 Å². The molecule has 6 nitrogen and oxygen atoms in total. The molecule has 0 unspecified atom stereocenters. The van der Waals surface area contributed by atoms with Crippen molar-refractivity contribution in [2.45, 2.75) is 13.0 Å². The molecule has 1 aromatic heterocycles. The lowest BCUT2D eigenvalue weighted by atomic mass is 10.1. The van der Waals surface area contributed by atoms with Gasteiger partial charge in [-0.3, -0.25) is 10.00 Å². The van der Waals surface area contributed by atoms with Crippen LogP contribution in [0.25, 0.3) is 0 Å². The van der Waals surface area contributed by atoms with Crippen LogP contribution in [0.1, 0.15) is 17.4 Å². The van der Waals surface area contributed by atoms with Gasteiger partial charge in [0.25, 0.3) is 0 Å². The molecule has 1 N–H and O–H groups in total. The van der Waals surface area contributed by atoms with Crippen LogP contribution < -0.4 is 5.32 Å². The molecule has 0 radical (unpaired) electrons. The third-order valence-electron chi connectivity index (χ3n) is 3.91. The number of aryl methyl sites for hydroxylation is 2. The van der Waals surface area contributed by atoms with Gasteiger partial charge in [-0.05, 0) is 24.6 Å². The van der Waals surface area contributed by atoms with E-state index < -0.39 is 0 Å². The Morgan fingerprint density at radius 1 is 1.33 bits per heavy atom. The van der Waals surface area contributed by atoms with Gasteiger partial charge in [-0.15, -0.1) is 0 Å². The maximum atomic E-state index is 12.5. The minimum Gasteiger partial charge on any atom is -0.370 e. The van der Waals surface area contributed by atoms with Gasteiger partial charge >= 0.3 is 6.03 Å². The number of halogens is 2. The summed E-state index contributed by atoms with van der Waals surface area (Å²) in [6.07, 6.45) is -0.229. The van der Waals surface area contributed by atoms with Crippen molar-refractivity contribution in [3.05, 3.63) is 45.6 Å². The first-order valence-corrected chi connectivity index (χ1v) is 8.33. The Morgan fingerprint density at radius 3 is 2.79 bits per heavy atom. The number of rotatable bonds is 2. The Balaban J connectivity index is 1.69. The monoisotopic (exact) mass is 368 g/mol. The number of anilines is 1. The summed E-state index contributed by atoms with van der Waals surface area (Å²) in [5, 5.41) is 8.07. The molecule has 0 saturated carbocycles. The Hall–Kier alpha value is -1.76. The molecule has 1 atom stereocenters. The summed E-state index contributed by atoms with van der Waals surface area (Å²) in [5.41, 5.74) is 1.75. The van der Waals surface area contributed by atoms with Crippen molar-refractivity contribution < 1.29 is 9.53 Å². The molecule has 1 fully saturated rings. The Bertz CT molecular complexity index is 763. The number of carbonyl (C=O) groups excluding carboxylic acids is 1. The minimum atomic E-state index is -0.229. The second kappa shape index (κ2) is 7.01. The van der Waals surface area contributed by atoms with Crippen LogP contribution in [-0.4, -0.2) is 40.4 Å². The van der Waals surface area contributed by atoms with Crippen LogP contribution in [0.15, 0.2) is 24.3 Å². The summed E-state index contributed by atoms with van der Waals surface area (Å²) in [4.78, 5) is 14.2. The van der Waals surface area contributed by atoms with Crippen LogP contribution in [0.2, 0.25) is 10.0 Å². The highest BCUT2D eigenvalue weighted by atomic mass is 35.5. The van der Waals surface area contributed by atoms with Gasteiger partial charge in [-0.1, -0.05) is 29.3 Å². The molecule has 0 aliphatic carbocycles. The van der Waals surface area contributed by atoms with Crippen molar-refractivity contribution in [1.82, 2.24) is 14.7 Å². The molecule has 1 aromatic carbocycles. The lowest BCUT2D eigenvalue weighted by Crippen LogP contribution is -2.44. The summed E-state index contributed by atoms with van der Waals surface area (Å²) < 4.78 is 7.42. The fraction of sp³-hybridized carbons (Fsp3) is 0.375. The number of amides is 2. The van der Waals surface area contributed by atoms with Crippen molar-refractivity contribution in [2.24, 2.45) is 7.05 Å². The highest BCUT2D eigenvalue weighted by Crippen LogP contribution is 2.29. The Morgan fingerprint density at radius 2 is 2.12 bits per heavy atom. The zero-order valence-electron chi connectivity index (χ0n) is 13.4. The lowest BCUT2D eigenvalue weighted by molar-refractivity contribution is -0.0135. The van der Waals surface area contributed by atoms with E-state index in [0.717, 1.165) is 11.3 Å². The first-order valence-electron chi connectivity index (χ1n) is 7.57. The first kappa shape index (κ1) is 17.1. The van der Waals surface area contributed by atoms with E-state index in [4.69, 9.17) is 27.9 Å². The van der Waals surface area contributed by atoms with Gasteiger partial charge < -0.3 is 9.64 Å². The molecule has 2 amide bonds. The number of aromatic nitrogens is 2. The van der Waals surface area contributed by atoms with E-state index in [1.807, 2.05) is 19.1 Å². The number of benzene rings is 1. The molecule has 2 aromatic rings. The van der Waals surface area contributed by atoms with Gasteiger partial charge in [0.1, 0.15) is 11.9 Å². The number of ether oxygens (including phenoxy) is 1. The molecule has 0 bridgehead atoms. The number of hydrogen-bond donors (Lipinski definition) is 1. The molecule has 128 valence electrons. The van der Waals surface area contributed by atoms with Gasteiger partial charge in [-0.25, -0.2) is 4.79 Å². The number of carbonyl (C=O) groups is 1. The summed E-state index contributed by atoms with van der Waals surface area (Å²) >= 11 is 12.0. The second-order valence-corrected chi connectivity index (χ2v) is 6.52. The summed E-state index contributed by atoms with van der Waals surface area (Å²) in [7, 11) is 1.79. The predicted octanol–water partition coefficient (Wildman–Crippen LogP) is 3.64. The molecular weight excluding hydrogens is 351 g/mol. The third kappa shape index (κ3) is 3.66. The van der Waals surface area contributed by atoms with Gasteiger partial charge in [0, 0.05) is 19.7 Å². The van der Waals surface area contributed by atoms with Crippen molar-refractivity contribution in [2.75, 3.05) is 25.0 Å². The predicted molar refractivity (Wildman–Crippen MR) is 93.7 cm³/mol. The quantitative estimate of drug-likeness (QED) is 0.879. The summed E-state index contributed by atoms with van der Waals surface area (Å²) in [6.45, 7) is 3.31. The van der Waals surface area contributed by atoms with E-state index in [-0.39, 0.29) is 12.1 Å². The summed E-state index contributed by atoms with van der Waals surface area (Å²) in [5.74, 6) is 0.662. The minimum absolute atomic E-state index is 0.175. The fourth-order valence-corrected chi connectivity index (χ4v) is 2.97. The van der Waals surface area contributed by atoms with Crippen LogP contribution in [-0.2, 0) is 11.8 Å². The Kier molecular flexibility index (Phi) is 4.99. The number of urea groups is 1. The number of hydrogen-bond acceptors (Lipinski definition) is 3. The van der Waals surface area contributed by atoms with Gasteiger partial charge in [0.05, 0.1) is 28.9 Å². The van der Waals surface area contributed by atoms with Crippen molar-refractivity contribution in [1.29, 1.82) is 0 Å². The zero-order chi connectivity index (χ0) is 17.3. The second-order valence-electron chi connectivity index (χ2n) is 5.70. The SMILES string of the molecule is Cc1cc(NC(=O)N2CCO[C@H](c3ccc(Cl)c(Cl)c3)C2)n(C)n1. The lowest BCUT2D eigenvalue weighted by Gasteiger charge is -2.33. The van der Waals surface area contributed by atoms with Gasteiger partial charge in [-0.2, -0.15) is 5.10 Å². The van der Waals surface area contributed by atoms with Crippen LogP contribution in [0.5, 0.6) is 0 Å². The molecule has 8 heteroatoms. The topological polar surface area (TPSA) is 59.4 Å². The molecule has 0 spiro atoms. The highest BCUT2D eigenvalue weighted by Gasteiger charge is 2.26. The van der Waals surface area contributed by atoms with E-state index in [1.165, 1.54) is 0 Å². The van der Waals surface area contributed by atoms with Crippen molar-refractivity contribution in [3.63, 3.8) is 0 Å². The number of morpholine rings is 1. The first-order chi connectivity index (χ1) is 11.4. The van der Waals surface area contributed by atoms with E-state index in [2.05, 4.69) is 10.4 Å². The smallest absolute Gasteiger partial charge is 0.323 e. The van der Waals surface area contributed by atoms with Crippen molar-refractivity contribution >= 4 is 35.1 Å². The molecular formula is C16H18Cl2N4O2. The van der Waals surface area contributed by atoms with E-state index in [9.17, 15) is 4.79 Å². The van der Waals surface area contributed by atoms with E-state index >= 15 is 0 Å². The van der Waals surface area contributed by atoms with E-state index in [0.29, 0.717) is 35.6 Å². The third-order valence-corrected chi connectivity index (χ3v) is 4.65. The molecule has 3 rings (SSSR count). The zero-order valence-corrected chi connectivity index (χ0v) is 14.9. The van der Waals surface area contributed by atoms with Crippen LogP contribution >= 0.6 is 23.2 Å². The van der Waals surface area contributed by atoms with Crippen LogP contribution in [0, 0.1) is 6.92 Å². The van der Waals surface area contributed by atoms with Gasteiger partial charge in [0.15, 0.2) is 0 Å². The Labute approximate surface area is 150 Å². The largest absolute Gasteiger partial charge is 0.370 e. The molecule has 2 heterocycles. The average Bonchev–Trinajstić information content (AvgIpc) is 2.87. The standard InChI is InChI=1S/C16H18Cl2N4O2/c1-10-7-15(21(2)20-10)19-16(23)22-5-6-24-14(9-22)11-3-4-12(17)13(18)8-11/h3-4,7-8,14H,5-6,9H2,1-2H3,(H,19,23)/t14-/m0/s1.